The van der Waals surface area contributed by atoms with Crippen LogP contribution in [0.15, 0.2) is 48.7 Å². The van der Waals surface area contributed by atoms with E-state index in [1.54, 1.807) is 0 Å². The van der Waals surface area contributed by atoms with Gasteiger partial charge in [-0.2, -0.15) is 13.2 Å². The van der Waals surface area contributed by atoms with Crippen molar-refractivity contribution in [3.05, 3.63) is 59.8 Å². The summed E-state index contributed by atoms with van der Waals surface area (Å²) in [5, 5.41) is 3.22. The Balaban J connectivity index is 1.51. The smallest absolute Gasteiger partial charge is 0.352 e. The van der Waals surface area contributed by atoms with E-state index in [9.17, 15) is 18.0 Å². The van der Waals surface area contributed by atoms with Gasteiger partial charge in [-0.1, -0.05) is 49.6 Å². The molecule has 1 N–H and O–H groups in total. The van der Waals surface area contributed by atoms with Crippen molar-refractivity contribution in [2.24, 2.45) is 5.92 Å². The van der Waals surface area contributed by atoms with Crippen LogP contribution in [-0.2, 0) is 17.4 Å². The van der Waals surface area contributed by atoms with E-state index in [1.807, 2.05) is 23.1 Å². The number of nitrogens with one attached hydrogen (secondary N) is 1. The van der Waals surface area contributed by atoms with Crippen molar-refractivity contribution in [3.63, 3.8) is 0 Å². The quantitative estimate of drug-likeness (QED) is 0.672. The first-order valence-corrected chi connectivity index (χ1v) is 11.5. The van der Waals surface area contributed by atoms with E-state index in [2.05, 4.69) is 22.4 Å². The Labute approximate surface area is 187 Å². The zero-order valence-electron chi connectivity index (χ0n) is 18.2. The number of hydrogen-bond acceptors (Lipinski definition) is 3. The van der Waals surface area contributed by atoms with Gasteiger partial charge in [0.25, 0.3) is 0 Å². The molecule has 2 atom stereocenters. The monoisotopic (exact) mass is 445 g/mol. The molecule has 1 saturated carbocycles. The van der Waals surface area contributed by atoms with Gasteiger partial charge in [0.2, 0.25) is 5.91 Å². The van der Waals surface area contributed by atoms with Crippen molar-refractivity contribution in [1.29, 1.82) is 0 Å². The number of alkyl halides is 3. The molecule has 1 aliphatic heterocycles. The first-order chi connectivity index (χ1) is 15.4. The van der Waals surface area contributed by atoms with E-state index in [0.29, 0.717) is 24.7 Å². The summed E-state index contributed by atoms with van der Waals surface area (Å²) < 4.78 is 38.9. The number of carbonyl (C=O) groups is 1. The van der Waals surface area contributed by atoms with Crippen LogP contribution in [-0.4, -0.2) is 29.5 Å². The Bertz CT molecular complexity index is 880. The molecule has 32 heavy (non-hydrogen) atoms. The first-order valence-electron chi connectivity index (χ1n) is 11.5. The van der Waals surface area contributed by atoms with Gasteiger partial charge in [-0.15, -0.1) is 0 Å². The van der Waals surface area contributed by atoms with Gasteiger partial charge in [0.05, 0.1) is 5.56 Å². The second-order valence-electron chi connectivity index (χ2n) is 9.04. The van der Waals surface area contributed by atoms with Crippen LogP contribution in [0.1, 0.15) is 56.1 Å². The van der Waals surface area contributed by atoms with E-state index in [0.717, 1.165) is 50.8 Å². The number of amides is 1. The third kappa shape index (κ3) is 5.61. The maximum absolute atomic E-state index is 13.3. The van der Waals surface area contributed by atoms with Crippen molar-refractivity contribution in [3.8, 4) is 0 Å². The summed E-state index contributed by atoms with van der Waals surface area (Å²) >= 11 is 0. The van der Waals surface area contributed by atoms with Gasteiger partial charge in [-0.3, -0.25) is 4.79 Å². The molecule has 1 aliphatic carbocycles. The molecule has 2 fully saturated rings. The van der Waals surface area contributed by atoms with E-state index < -0.39 is 17.8 Å². The average Bonchev–Trinajstić information content (AvgIpc) is 2.80. The molecule has 1 aromatic heterocycles. The van der Waals surface area contributed by atoms with Crippen LogP contribution in [0.5, 0.6) is 0 Å². The molecular formula is C25H30F3N3O. The predicted octanol–water partition coefficient (Wildman–Crippen LogP) is 5.38. The molecule has 4 rings (SSSR count). The Morgan fingerprint density at radius 3 is 2.44 bits per heavy atom. The van der Waals surface area contributed by atoms with Crippen molar-refractivity contribution >= 4 is 11.7 Å². The molecular weight excluding hydrogens is 415 g/mol. The predicted molar refractivity (Wildman–Crippen MR) is 118 cm³/mol. The van der Waals surface area contributed by atoms with Gasteiger partial charge < -0.3 is 10.2 Å². The summed E-state index contributed by atoms with van der Waals surface area (Å²) in [6, 6.07) is 12.4. The van der Waals surface area contributed by atoms with E-state index >= 15 is 0 Å². The molecule has 2 aliphatic rings. The van der Waals surface area contributed by atoms with Crippen LogP contribution in [0.4, 0.5) is 19.0 Å². The highest BCUT2D eigenvalue weighted by Gasteiger charge is 2.36. The number of benzene rings is 1. The number of halogens is 3. The molecule has 0 unspecified atom stereocenters. The molecule has 2 heterocycles. The van der Waals surface area contributed by atoms with Crippen molar-refractivity contribution < 1.29 is 18.0 Å². The van der Waals surface area contributed by atoms with Crippen molar-refractivity contribution in [1.82, 2.24) is 10.3 Å². The van der Waals surface area contributed by atoms with Crippen LogP contribution >= 0.6 is 0 Å². The van der Waals surface area contributed by atoms with Gasteiger partial charge in [0, 0.05) is 18.8 Å². The third-order valence-electron chi connectivity index (χ3n) is 6.70. The highest BCUT2D eigenvalue weighted by molar-refractivity contribution is 5.85. The zero-order chi connectivity index (χ0) is 22.6. The van der Waals surface area contributed by atoms with Crippen LogP contribution in [0, 0.1) is 5.92 Å². The van der Waals surface area contributed by atoms with Crippen molar-refractivity contribution in [2.45, 2.75) is 69.6 Å². The Morgan fingerprint density at radius 1 is 1.03 bits per heavy atom. The van der Waals surface area contributed by atoms with Crippen LogP contribution < -0.4 is 10.2 Å². The van der Waals surface area contributed by atoms with E-state index in [1.165, 1.54) is 18.1 Å². The second-order valence-corrected chi connectivity index (χ2v) is 9.04. The molecule has 0 spiro atoms. The number of nitrogens with zero attached hydrogens (tertiary/aromatic N) is 2. The Morgan fingerprint density at radius 2 is 1.78 bits per heavy atom. The molecule has 0 radical (unpaired) electrons. The van der Waals surface area contributed by atoms with Gasteiger partial charge in [-0.05, 0) is 55.7 Å². The third-order valence-corrected chi connectivity index (χ3v) is 6.70. The zero-order valence-corrected chi connectivity index (χ0v) is 18.2. The maximum Gasteiger partial charge on any atom is 0.417 e. The largest absolute Gasteiger partial charge is 0.417 e. The lowest BCUT2D eigenvalue weighted by Gasteiger charge is -2.40. The second kappa shape index (κ2) is 9.92. The lowest BCUT2D eigenvalue weighted by atomic mass is 9.85. The van der Waals surface area contributed by atoms with Crippen LogP contribution in [0.2, 0.25) is 0 Å². The summed E-state index contributed by atoms with van der Waals surface area (Å²) in [6.07, 6.45) is 4.29. The molecule has 1 aromatic carbocycles. The number of piperidine rings is 1. The minimum atomic E-state index is -4.42. The number of rotatable bonds is 5. The fraction of sp³-hybridized carbons (Fsp3) is 0.520. The highest BCUT2D eigenvalue weighted by atomic mass is 19.4. The number of anilines is 1. The normalized spacial score (nSPS) is 22.5. The lowest BCUT2D eigenvalue weighted by Crippen LogP contribution is -2.54. The molecule has 7 heteroatoms. The van der Waals surface area contributed by atoms with E-state index in [4.69, 9.17) is 0 Å². The van der Waals surface area contributed by atoms with Gasteiger partial charge in [0.1, 0.15) is 11.9 Å². The van der Waals surface area contributed by atoms with E-state index in [-0.39, 0.29) is 11.9 Å². The molecule has 1 saturated heterocycles. The minimum absolute atomic E-state index is 0.0311. The minimum Gasteiger partial charge on any atom is -0.352 e. The highest BCUT2D eigenvalue weighted by Crippen LogP contribution is 2.33. The lowest BCUT2D eigenvalue weighted by molar-refractivity contribution is -0.137. The topological polar surface area (TPSA) is 45.2 Å². The summed E-state index contributed by atoms with van der Waals surface area (Å²) in [4.78, 5) is 19.3. The number of carbonyl (C=O) groups excluding carboxylic acids is 1. The number of pyridine rings is 1. The standard InChI is InChI=1S/C25H30F3N3O/c26-25(27,28)20-11-12-23(29-17-20)31-14-13-19(15-18-7-3-1-4-8-18)16-22(31)24(32)30-21-9-5-2-6-10-21/h1,3-4,7-8,11-12,17,19,21-22H,2,5-6,9-10,13-16H2,(H,30,32)/t19-,22-/m1/s1. The summed E-state index contributed by atoms with van der Waals surface area (Å²) in [6.45, 7) is 0.596. The average molecular weight is 446 g/mol. The van der Waals surface area contributed by atoms with Gasteiger partial charge in [-0.25, -0.2) is 4.98 Å². The fourth-order valence-corrected chi connectivity index (χ4v) is 4.96. The van der Waals surface area contributed by atoms with Crippen LogP contribution in [0.25, 0.3) is 0 Å². The van der Waals surface area contributed by atoms with Gasteiger partial charge in [0.15, 0.2) is 0 Å². The fourth-order valence-electron chi connectivity index (χ4n) is 4.96. The Hall–Kier alpha value is -2.57. The van der Waals surface area contributed by atoms with Crippen LogP contribution in [0.3, 0.4) is 0 Å². The number of aromatic nitrogens is 1. The molecule has 2 aromatic rings. The Kier molecular flexibility index (Phi) is 7.01. The number of hydrogen-bond donors (Lipinski definition) is 1. The maximum atomic E-state index is 13.3. The summed E-state index contributed by atoms with van der Waals surface area (Å²) in [7, 11) is 0. The molecule has 1 amide bonds. The molecule has 172 valence electrons. The molecule has 4 nitrogen and oxygen atoms in total. The summed E-state index contributed by atoms with van der Waals surface area (Å²) in [5.41, 5.74) is 0.466. The van der Waals surface area contributed by atoms with Gasteiger partial charge >= 0.3 is 6.18 Å². The SMILES string of the molecule is O=C(NC1CCCCC1)[C@H]1C[C@@H](Cc2ccccc2)CCN1c1ccc(C(F)(F)F)cn1. The van der Waals surface area contributed by atoms with Crippen molar-refractivity contribution in [2.75, 3.05) is 11.4 Å². The first kappa shape index (κ1) is 22.6. The molecule has 0 bridgehead atoms. The summed E-state index contributed by atoms with van der Waals surface area (Å²) in [5.74, 6) is 0.738.